The van der Waals surface area contributed by atoms with Gasteiger partial charge in [-0.3, -0.25) is 0 Å². The third kappa shape index (κ3) is 29.9. The van der Waals surface area contributed by atoms with Gasteiger partial charge in [-0.2, -0.15) is 0 Å². The smallest absolute Gasteiger partial charge is 0.0298 e. The molecule has 0 aromatic rings. The monoisotopic (exact) mass is 603 g/mol. The maximum atomic E-state index is 4.36. The van der Waals surface area contributed by atoms with Crippen LogP contribution >= 0.6 is 0 Å². The summed E-state index contributed by atoms with van der Waals surface area (Å²) < 4.78 is 0. The van der Waals surface area contributed by atoms with Crippen molar-refractivity contribution in [2.45, 2.75) is 241 Å². The van der Waals surface area contributed by atoms with E-state index in [0.717, 1.165) is 11.3 Å². The van der Waals surface area contributed by atoms with Crippen molar-refractivity contribution in [3.63, 3.8) is 0 Å². The minimum absolute atomic E-state index is 0.780. The molecule has 0 bridgehead atoms. The fraction of sp³-hybridized carbons (Fsp3) is 0.907. The Hall–Kier alpha value is -0.520. The molecule has 0 aromatic carbocycles. The van der Waals surface area contributed by atoms with Crippen LogP contribution in [0.3, 0.4) is 0 Å². The van der Waals surface area contributed by atoms with Gasteiger partial charge in [0.25, 0.3) is 0 Å². The van der Waals surface area contributed by atoms with Crippen LogP contribution in [0.4, 0.5) is 0 Å². The second-order valence-corrected chi connectivity index (χ2v) is 14.1. The van der Waals surface area contributed by atoms with E-state index in [1.54, 1.807) is 0 Å². The highest BCUT2D eigenvalue weighted by Gasteiger charge is 2.29. The van der Waals surface area contributed by atoms with Crippen molar-refractivity contribution in [1.29, 1.82) is 0 Å². The second kappa shape index (κ2) is 36.0. The van der Waals surface area contributed by atoms with E-state index in [0.29, 0.717) is 0 Å². The average molecular weight is 603 g/mol. The number of unbranched alkanes of at least 4 members (excludes halogenated alkanes) is 13. The van der Waals surface area contributed by atoms with Gasteiger partial charge in [-0.25, -0.2) is 0 Å². The number of hydrogen-bond acceptors (Lipinski definition) is 0. The van der Waals surface area contributed by atoms with E-state index in [-0.39, 0.29) is 0 Å². The van der Waals surface area contributed by atoms with Crippen LogP contribution in [0.5, 0.6) is 0 Å². The van der Waals surface area contributed by atoms with Crippen LogP contribution in [0.1, 0.15) is 241 Å². The highest BCUT2D eigenvalue weighted by atomic mass is 14.3. The molecule has 0 saturated heterocycles. The van der Waals surface area contributed by atoms with Gasteiger partial charge in [0, 0.05) is 0 Å². The first kappa shape index (κ1) is 44.6. The summed E-state index contributed by atoms with van der Waals surface area (Å²) in [5, 5.41) is 0. The summed E-state index contributed by atoms with van der Waals surface area (Å²) in [6, 6.07) is 0. The molecule has 0 amide bonds. The zero-order valence-electron chi connectivity index (χ0n) is 31.5. The molecule has 0 spiro atoms. The molecule has 0 nitrogen and oxygen atoms in total. The zero-order chi connectivity index (χ0) is 32.3. The quantitative estimate of drug-likeness (QED) is 0.0617. The van der Waals surface area contributed by atoms with Gasteiger partial charge in [0.1, 0.15) is 0 Å². The predicted octanol–water partition coefficient (Wildman–Crippen LogP) is 16.5. The van der Waals surface area contributed by atoms with Crippen molar-refractivity contribution < 1.29 is 0 Å². The Kier molecular flexibility index (Phi) is 37.3. The van der Waals surface area contributed by atoms with Crippen LogP contribution in [0, 0.1) is 11.3 Å². The molecular weight excluding hydrogens is 516 g/mol. The van der Waals surface area contributed by atoms with Gasteiger partial charge >= 0.3 is 0 Å². The third-order valence-corrected chi connectivity index (χ3v) is 9.97. The van der Waals surface area contributed by atoms with Gasteiger partial charge in [0.2, 0.25) is 0 Å². The lowest BCUT2D eigenvalue weighted by molar-refractivity contribution is 0.154. The molecule has 1 fully saturated rings. The molecule has 1 aliphatic rings. The van der Waals surface area contributed by atoms with Crippen molar-refractivity contribution in [3.05, 3.63) is 24.8 Å². The van der Waals surface area contributed by atoms with E-state index >= 15 is 0 Å². The van der Waals surface area contributed by atoms with Gasteiger partial charge in [-0.05, 0) is 75.5 Å². The fourth-order valence-corrected chi connectivity index (χ4v) is 7.53. The van der Waals surface area contributed by atoms with Gasteiger partial charge in [0.15, 0.2) is 0 Å². The van der Waals surface area contributed by atoms with E-state index in [4.69, 9.17) is 0 Å². The summed E-state index contributed by atoms with van der Waals surface area (Å²) in [5.74, 6) is 0.978. The Labute approximate surface area is 276 Å². The largest absolute Gasteiger partial charge is 0.103 e. The lowest BCUT2D eigenvalue weighted by Crippen LogP contribution is -2.23. The molecule has 1 atom stereocenters. The Morgan fingerprint density at radius 2 is 1.05 bits per heavy atom. The molecular formula is C43H86. The molecule has 1 unspecified atom stereocenters. The molecule has 1 rings (SSSR count). The molecule has 0 aromatic heterocycles. The zero-order valence-corrected chi connectivity index (χ0v) is 31.5. The molecule has 1 aliphatic carbocycles. The SMILES string of the molecule is C=CCCCCCCCCCCCCCC(=C)CCCC(CCC)CCCCC.CC.CCCC1(CCC)CCCCC1. The molecule has 258 valence electrons. The van der Waals surface area contributed by atoms with Crippen molar-refractivity contribution in [1.82, 2.24) is 0 Å². The lowest BCUT2D eigenvalue weighted by Gasteiger charge is -2.37. The molecule has 0 radical (unpaired) electrons. The van der Waals surface area contributed by atoms with Crippen molar-refractivity contribution >= 4 is 0 Å². The molecule has 0 heteroatoms. The molecule has 0 heterocycles. The molecule has 1 saturated carbocycles. The highest BCUT2D eigenvalue weighted by molar-refractivity contribution is 4.93. The first-order chi connectivity index (χ1) is 21.1. The van der Waals surface area contributed by atoms with Crippen LogP contribution in [0.15, 0.2) is 24.8 Å². The second-order valence-electron chi connectivity index (χ2n) is 14.1. The number of rotatable bonds is 28. The van der Waals surface area contributed by atoms with E-state index in [1.807, 2.05) is 19.9 Å². The fourth-order valence-electron chi connectivity index (χ4n) is 7.53. The van der Waals surface area contributed by atoms with Crippen molar-refractivity contribution in [3.8, 4) is 0 Å². The predicted molar refractivity (Wildman–Crippen MR) is 202 cm³/mol. The van der Waals surface area contributed by atoms with Crippen LogP contribution in [-0.4, -0.2) is 0 Å². The summed E-state index contributed by atoms with van der Waals surface area (Å²) >= 11 is 0. The molecule has 43 heavy (non-hydrogen) atoms. The van der Waals surface area contributed by atoms with Gasteiger partial charge in [0.05, 0.1) is 0 Å². The number of allylic oxidation sites excluding steroid dienone is 2. The number of hydrogen-bond donors (Lipinski definition) is 0. The Balaban J connectivity index is 0. The van der Waals surface area contributed by atoms with E-state index in [9.17, 15) is 0 Å². The summed E-state index contributed by atoms with van der Waals surface area (Å²) in [5.41, 5.74) is 2.30. The standard InChI is InChI=1S/C29H56.C12H24.C2H6/c1-5-8-10-11-12-13-14-15-16-17-18-19-21-24-28(4)25-22-27-29(23-7-3)26-20-9-6-2;1-3-8-12(9-4-2)10-6-5-7-11-12;1-2/h5,29H,1,4,6-27H2,2-3H3;3-11H2,1-2H3;1-2H3. The van der Waals surface area contributed by atoms with Gasteiger partial charge < -0.3 is 0 Å². The summed E-state index contributed by atoms with van der Waals surface area (Å²) in [7, 11) is 0. The van der Waals surface area contributed by atoms with Gasteiger partial charge in [-0.15, -0.1) is 6.58 Å². The van der Waals surface area contributed by atoms with Crippen LogP contribution in [0.2, 0.25) is 0 Å². The topological polar surface area (TPSA) is 0 Å². The highest BCUT2D eigenvalue weighted by Crippen LogP contribution is 2.43. The maximum Gasteiger partial charge on any atom is -0.0298 e. The molecule has 0 aliphatic heterocycles. The Morgan fingerprint density at radius 3 is 1.53 bits per heavy atom. The summed E-state index contributed by atoms with van der Waals surface area (Å²) in [4.78, 5) is 0. The van der Waals surface area contributed by atoms with E-state index < -0.39 is 0 Å². The molecule has 0 N–H and O–H groups in total. The van der Waals surface area contributed by atoms with Crippen molar-refractivity contribution in [2.75, 3.05) is 0 Å². The van der Waals surface area contributed by atoms with E-state index in [2.05, 4.69) is 40.9 Å². The summed E-state index contributed by atoms with van der Waals surface area (Å²) in [6.45, 7) is 21.5. The first-order valence-electron chi connectivity index (χ1n) is 20.3. The van der Waals surface area contributed by atoms with Crippen LogP contribution in [-0.2, 0) is 0 Å². The average Bonchev–Trinajstić information content (AvgIpc) is 3.01. The minimum Gasteiger partial charge on any atom is -0.103 e. The lowest BCUT2D eigenvalue weighted by atomic mass is 9.69. The Morgan fingerprint density at radius 1 is 0.558 bits per heavy atom. The first-order valence-corrected chi connectivity index (χ1v) is 20.3. The van der Waals surface area contributed by atoms with E-state index in [1.165, 1.54) is 205 Å². The third-order valence-electron chi connectivity index (χ3n) is 9.97. The summed E-state index contributed by atoms with van der Waals surface area (Å²) in [6.07, 6.45) is 46.0. The van der Waals surface area contributed by atoms with Gasteiger partial charge in [-0.1, -0.05) is 195 Å². The van der Waals surface area contributed by atoms with Crippen LogP contribution < -0.4 is 0 Å². The van der Waals surface area contributed by atoms with Crippen molar-refractivity contribution in [2.24, 2.45) is 11.3 Å². The normalized spacial score (nSPS) is 14.7. The minimum atomic E-state index is 0.780. The Bertz CT molecular complexity index is 521. The maximum absolute atomic E-state index is 4.36. The van der Waals surface area contributed by atoms with Crippen LogP contribution in [0.25, 0.3) is 0 Å².